The first-order valence-electron chi connectivity index (χ1n) is 7.96. The molecule has 6 heteroatoms. The number of benzene rings is 2. The van der Waals surface area contributed by atoms with Gasteiger partial charge in [-0.3, -0.25) is 4.79 Å². The second kappa shape index (κ2) is 7.23. The molecule has 2 aromatic carbocycles. The van der Waals surface area contributed by atoms with Gasteiger partial charge in [0.15, 0.2) is 11.5 Å². The predicted molar refractivity (Wildman–Crippen MR) is 96.1 cm³/mol. The van der Waals surface area contributed by atoms with Gasteiger partial charge in [-0.05, 0) is 48.2 Å². The number of halogens is 1. The van der Waals surface area contributed by atoms with Gasteiger partial charge in [0, 0.05) is 10.6 Å². The smallest absolute Gasteiger partial charge is 0.252 e. The molecule has 0 fully saturated rings. The molecule has 0 radical (unpaired) electrons. The minimum Gasteiger partial charge on any atom is -0.493 e. The van der Waals surface area contributed by atoms with E-state index in [0.29, 0.717) is 22.8 Å². The van der Waals surface area contributed by atoms with Gasteiger partial charge in [0.1, 0.15) is 0 Å². The van der Waals surface area contributed by atoms with E-state index in [1.807, 2.05) is 18.2 Å². The molecule has 2 aromatic rings. The van der Waals surface area contributed by atoms with Crippen molar-refractivity contribution in [1.82, 2.24) is 5.32 Å². The third-order valence-electron chi connectivity index (χ3n) is 4.42. The molecule has 1 aliphatic carbocycles. The molecule has 0 heterocycles. The van der Waals surface area contributed by atoms with E-state index < -0.39 is 0 Å². The lowest BCUT2D eigenvalue weighted by Crippen LogP contribution is -2.27. The maximum Gasteiger partial charge on any atom is 0.252 e. The standard InChI is InChI=1S/C19H20ClNO4/c1-23-16-9-12(10-17(24-2)18(16)25-3)19(22)21-15-7-4-11-8-13(20)5-6-14(11)15/h5-6,8-10,15H,4,7H2,1-3H3,(H,21,22). The van der Waals surface area contributed by atoms with Gasteiger partial charge in [-0.15, -0.1) is 0 Å². The fourth-order valence-corrected chi connectivity index (χ4v) is 3.38. The first-order chi connectivity index (χ1) is 12.1. The quantitative estimate of drug-likeness (QED) is 0.880. The van der Waals surface area contributed by atoms with Crippen LogP contribution in [0.2, 0.25) is 5.02 Å². The molecule has 0 saturated carbocycles. The highest BCUT2D eigenvalue weighted by molar-refractivity contribution is 6.30. The normalized spacial score (nSPS) is 15.4. The summed E-state index contributed by atoms with van der Waals surface area (Å²) in [5, 5.41) is 3.79. The van der Waals surface area contributed by atoms with Crippen LogP contribution in [0.1, 0.15) is 33.9 Å². The Morgan fingerprint density at radius 1 is 1.08 bits per heavy atom. The van der Waals surface area contributed by atoms with E-state index in [0.717, 1.165) is 23.4 Å². The Labute approximate surface area is 151 Å². The molecule has 25 heavy (non-hydrogen) atoms. The summed E-state index contributed by atoms with van der Waals surface area (Å²) in [5.74, 6) is 1.17. The molecule has 5 nitrogen and oxygen atoms in total. The summed E-state index contributed by atoms with van der Waals surface area (Å²) in [6.45, 7) is 0. The molecule has 132 valence electrons. The summed E-state index contributed by atoms with van der Waals surface area (Å²) in [7, 11) is 4.58. The van der Waals surface area contributed by atoms with Crippen LogP contribution in [0.3, 0.4) is 0 Å². The average Bonchev–Trinajstić information content (AvgIpc) is 3.01. The van der Waals surface area contributed by atoms with Crippen molar-refractivity contribution in [3.8, 4) is 17.2 Å². The van der Waals surface area contributed by atoms with Crippen molar-refractivity contribution in [3.05, 3.63) is 52.0 Å². The molecule has 0 bridgehead atoms. The van der Waals surface area contributed by atoms with Gasteiger partial charge >= 0.3 is 0 Å². The Hall–Kier alpha value is -2.40. The number of carbonyl (C=O) groups excluding carboxylic acids is 1. The molecule has 1 N–H and O–H groups in total. The van der Waals surface area contributed by atoms with Gasteiger partial charge < -0.3 is 19.5 Å². The predicted octanol–water partition coefficient (Wildman–Crippen LogP) is 3.78. The topological polar surface area (TPSA) is 56.8 Å². The SMILES string of the molecule is COc1cc(C(=O)NC2CCc3cc(Cl)ccc32)cc(OC)c1OC. The Morgan fingerprint density at radius 3 is 2.36 bits per heavy atom. The van der Waals surface area contributed by atoms with Gasteiger partial charge in [0.25, 0.3) is 5.91 Å². The Balaban J connectivity index is 1.85. The van der Waals surface area contributed by atoms with Gasteiger partial charge in [-0.2, -0.15) is 0 Å². The zero-order valence-corrected chi connectivity index (χ0v) is 15.1. The molecule has 0 aliphatic heterocycles. The molecule has 0 aromatic heterocycles. The summed E-state index contributed by atoms with van der Waals surface area (Å²) in [5.41, 5.74) is 2.75. The Bertz CT molecular complexity index is 781. The molecule has 1 amide bonds. The second-order valence-corrected chi connectivity index (χ2v) is 6.26. The lowest BCUT2D eigenvalue weighted by Gasteiger charge is -2.17. The summed E-state index contributed by atoms with van der Waals surface area (Å²) in [6.07, 6.45) is 1.75. The van der Waals surface area contributed by atoms with E-state index in [1.54, 1.807) is 12.1 Å². The zero-order chi connectivity index (χ0) is 18.0. The maximum absolute atomic E-state index is 12.7. The molecule has 1 atom stereocenters. The number of carbonyl (C=O) groups is 1. The Kier molecular flexibility index (Phi) is 5.04. The van der Waals surface area contributed by atoms with Crippen LogP contribution in [-0.2, 0) is 6.42 Å². The van der Waals surface area contributed by atoms with Crippen LogP contribution in [0.4, 0.5) is 0 Å². The summed E-state index contributed by atoms with van der Waals surface area (Å²) < 4.78 is 15.9. The molecule has 0 saturated heterocycles. The highest BCUT2D eigenvalue weighted by Crippen LogP contribution is 2.39. The van der Waals surface area contributed by atoms with Crippen LogP contribution in [0.25, 0.3) is 0 Å². The largest absolute Gasteiger partial charge is 0.493 e. The van der Waals surface area contributed by atoms with E-state index in [4.69, 9.17) is 25.8 Å². The molecular weight excluding hydrogens is 342 g/mol. The number of aryl methyl sites for hydroxylation is 1. The lowest BCUT2D eigenvalue weighted by atomic mass is 10.1. The van der Waals surface area contributed by atoms with Crippen molar-refractivity contribution in [2.75, 3.05) is 21.3 Å². The van der Waals surface area contributed by atoms with Crippen LogP contribution < -0.4 is 19.5 Å². The third-order valence-corrected chi connectivity index (χ3v) is 4.65. The number of rotatable bonds is 5. The third kappa shape index (κ3) is 3.37. The van der Waals surface area contributed by atoms with Crippen LogP contribution in [0, 0.1) is 0 Å². The first-order valence-corrected chi connectivity index (χ1v) is 8.34. The first kappa shape index (κ1) is 17.4. The Morgan fingerprint density at radius 2 is 1.76 bits per heavy atom. The van der Waals surface area contributed by atoms with Crippen molar-refractivity contribution in [1.29, 1.82) is 0 Å². The maximum atomic E-state index is 12.7. The molecule has 3 rings (SSSR count). The highest BCUT2D eigenvalue weighted by atomic mass is 35.5. The monoisotopic (exact) mass is 361 g/mol. The number of ether oxygens (including phenoxy) is 3. The van der Waals surface area contributed by atoms with E-state index in [-0.39, 0.29) is 11.9 Å². The van der Waals surface area contributed by atoms with E-state index in [9.17, 15) is 4.79 Å². The number of nitrogens with one attached hydrogen (secondary N) is 1. The highest BCUT2D eigenvalue weighted by Gasteiger charge is 2.25. The van der Waals surface area contributed by atoms with Gasteiger partial charge in [-0.25, -0.2) is 0 Å². The van der Waals surface area contributed by atoms with E-state index >= 15 is 0 Å². The van der Waals surface area contributed by atoms with Crippen molar-refractivity contribution >= 4 is 17.5 Å². The van der Waals surface area contributed by atoms with Crippen molar-refractivity contribution in [3.63, 3.8) is 0 Å². The van der Waals surface area contributed by atoms with Crippen molar-refractivity contribution < 1.29 is 19.0 Å². The van der Waals surface area contributed by atoms with Gasteiger partial charge in [0.2, 0.25) is 5.75 Å². The molecule has 0 spiro atoms. The van der Waals surface area contributed by atoms with E-state index in [2.05, 4.69) is 5.32 Å². The molecule has 1 unspecified atom stereocenters. The number of hydrogen-bond donors (Lipinski definition) is 1. The van der Waals surface area contributed by atoms with Crippen LogP contribution in [0.15, 0.2) is 30.3 Å². The second-order valence-electron chi connectivity index (χ2n) is 5.82. The fraction of sp³-hybridized carbons (Fsp3) is 0.316. The van der Waals surface area contributed by atoms with Crippen LogP contribution in [0.5, 0.6) is 17.2 Å². The zero-order valence-electron chi connectivity index (χ0n) is 14.4. The number of methoxy groups -OCH3 is 3. The molecular formula is C19H20ClNO4. The lowest BCUT2D eigenvalue weighted by molar-refractivity contribution is 0.0936. The van der Waals surface area contributed by atoms with E-state index in [1.165, 1.54) is 26.9 Å². The number of amides is 1. The fourth-order valence-electron chi connectivity index (χ4n) is 3.19. The van der Waals surface area contributed by atoms with Crippen LogP contribution in [-0.4, -0.2) is 27.2 Å². The number of fused-ring (bicyclic) bond motifs is 1. The van der Waals surface area contributed by atoms with Crippen LogP contribution >= 0.6 is 11.6 Å². The van der Waals surface area contributed by atoms with Crippen molar-refractivity contribution in [2.45, 2.75) is 18.9 Å². The number of hydrogen-bond acceptors (Lipinski definition) is 4. The average molecular weight is 362 g/mol. The van der Waals surface area contributed by atoms with Gasteiger partial charge in [0.05, 0.1) is 27.4 Å². The summed E-state index contributed by atoms with van der Waals surface area (Å²) >= 11 is 6.04. The minimum atomic E-state index is -0.188. The molecule has 1 aliphatic rings. The minimum absolute atomic E-state index is 0.0288. The summed E-state index contributed by atoms with van der Waals surface area (Å²) in [6, 6.07) is 9.05. The van der Waals surface area contributed by atoms with Crippen molar-refractivity contribution in [2.24, 2.45) is 0 Å². The summed E-state index contributed by atoms with van der Waals surface area (Å²) in [4.78, 5) is 12.7. The van der Waals surface area contributed by atoms with Gasteiger partial charge in [-0.1, -0.05) is 17.7 Å².